The predicted molar refractivity (Wildman–Crippen MR) is 104 cm³/mol. The fraction of sp³-hybridized carbons (Fsp3) is 0. The molecule has 0 atom stereocenters. The first-order valence-electron chi connectivity index (χ1n) is 7.86. The van der Waals surface area contributed by atoms with Gasteiger partial charge in [-0.25, -0.2) is 4.90 Å². The zero-order valence-corrected chi connectivity index (χ0v) is 15.1. The molecule has 2 heterocycles. The second-order valence-electron chi connectivity index (χ2n) is 5.42. The third-order valence-corrected chi connectivity index (χ3v) is 5.44. The van der Waals surface area contributed by atoms with Crippen molar-refractivity contribution < 1.29 is 14.0 Å². The summed E-state index contributed by atoms with van der Waals surface area (Å²) in [5, 5.41) is 0.419. The van der Waals surface area contributed by atoms with E-state index in [4.69, 9.17) is 4.42 Å². The highest BCUT2D eigenvalue weighted by Crippen LogP contribution is 2.36. The summed E-state index contributed by atoms with van der Waals surface area (Å²) in [5.41, 5.74) is 0.568. The molecule has 0 saturated carbocycles. The van der Waals surface area contributed by atoms with Crippen LogP contribution in [-0.4, -0.2) is 11.1 Å². The third-order valence-electron chi connectivity index (χ3n) is 3.65. The first kappa shape index (κ1) is 16.8. The molecule has 1 saturated heterocycles. The Hall–Kier alpha value is -2.70. The number of hydrogen-bond acceptors (Lipinski definition) is 5. The Morgan fingerprint density at radius 2 is 1.58 bits per heavy atom. The zero-order chi connectivity index (χ0) is 17.9. The van der Waals surface area contributed by atoms with Gasteiger partial charge in [0.25, 0.3) is 11.1 Å². The van der Waals surface area contributed by atoms with E-state index in [-0.39, 0.29) is 11.1 Å². The van der Waals surface area contributed by atoms with Gasteiger partial charge >= 0.3 is 0 Å². The van der Waals surface area contributed by atoms with E-state index in [0.29, 0.717) is 16.4 Å². The minimum Gasteiger partial charge on any atom is -0.450 e. The minimum absolute atomic E-state index is 0.308. The van der Waals surface area contributed by atoms with Crippen molar-refractivity contribution in [1.29, 1.82) is 0 Å². The smallest absolute Gasteiger partial charge is 0.298 e. The number of thioether (sulfide) groups is 1. The summed E-state index contributed by atoms with van der Waals surface area (Å²) in [7, 11) is 0. The van der Waals surface area contributed by atoms with Gasteiger partial charge in [-0.15, -0.1) is 0 Å². The van der Waals surface area contributed by atoms with Crippen LogP contribution in [0.1, 0.15) is 5.76 Å². The summed E-state index contributed by atoms with van der Waals surface area (Å²) >= 11 is 2.42. The molecule has 1 fully saturated rings. The van der Waals surface area contributed by atoms with Crippen molar-refractivity contribution in [3.63, 3.8) is 0 Å². The van der Waals surface area contributed by atoms with E-state index >= 15 is 0 Å². The Kier molecular flexibility index (Phi) is 4.69. The molecule has 3 aromatic rings. The number of furan rings is 1. The standard InChI is InChI=1S/C20H13NO3S2/c22-19-17(26-20(23)21(19)14-7-3-1-4-8-14)13-15-11-12-18(24-15)25-16-9-5-2-6-10-16/h1-13H. The molecule has 1 aliphatic heterocycles. The molecule has 128 valence electrons. The van der Waals surface area contributed by atoms with Crippen molar-refractivity contribution >= 4 is 46.4 Å². The van der Waals surface area contributed by atoms with Gasteiger partial charge in [0.2, 0.25) is 0 Å². The molecule has 0 N–H and O–H groups in total. The largest absolute Gasteiger partial charge is 0.450 e. The fourth-order valence-electron chi connectivity index (χ4n) is 2.47. The van der Waals surface area contributed by atoms with Gasteiger partial charge < -0.3 is 4.42 Å². The summed E-state index contributed by atoms with van der Waals surface area (Å²) in [6, 6.07) is 22.4. The molecule has 2 amide bonds. The molecule has 4 rings (SSSR count). The van der Waals surface area contributed by atoms with E-state index in [2.05, 4.69) is 0 Å². The van der Waals surface area contributed by atoms with Gasteiger partial charge in [-0.3, -0.25) is 9.59 Å². The molecule has 0 aliphatic carbocycles. The van der Waals surface area contributed by atoms with Gasteiger partial charge in [0, 0.05) is 11.0 Å². The number of carbonyl (C=O) groups is 2. The van der Waals surface area contributed by atoms with Crippen LogP contribution in [0.5, 0.6) is 0 Å². The topological polar surface area (TPSA) is 50.5 Å². The Labute approximate surface area is 158 Å². The second-order valence-corrected chi connectivity index (χ2v) is 7.50. The summed E-state index contributed by atoms with van der Waals surface area (Å²) in [4.78, 5) is 27.4. The van der Waals surface area contributed by atoms with E-state index in [1.54, 1.807) is 36.4 Å². The number of rotatable bonds is 4. The number of imide groups is 1. The maximum atomic E-state index is 12.6. The van der Waals surface area contributed by atoms with Crippen LogP contribution < -0.4 is 4.90 Å². The summed E-state index contributed by atoms with van der Waals surface area (Å²) < 4.78 is 5.77. The highest BCUT2D eigenvalue weighted by molar-refractivity contribution is 8.19. The molecular weight excluding hydrogens is 366 g/mol. The minimum atomic E-state index is -0.333. The monoisotopic (exact) mass is 379 g/mol. The van der Waals surface area contributed by atoms with E-state index in [1.807, 2.05) is 42.5 Å². The van der Waals surface area contributed by atoms with Crippen LogP contribution in [0.4, 0.5) is 10.5 Å². The Balaban J connectivity index is 1.54. The maximum Gasteiger partial charge on any atom is 0.298 e. The second kappa shape index (κ2) is 7.27. The fourth-order valence-corrected chi connectivity index (χ4v) is 4.09. The lowest BCUT2D eigenvalue weighted by atomic mass is 10.3. The van der Waals surface area contributed by atoms with Gasteiger partial charge in [-0.05, 0) is 48.2 Å². The van der Waals surface area contributed by atoms with Crippen molar-refractivity contribution in [3.05, 3.63) is 83.5 Å². The predicted octanol–water partition coefficient (Wildman–Crippen LogP) is 5.67. The van der Waals surface area contributed by atoms with Crippen molar-refractivity contribution in [1.82, 2.24) is 0 Å². The van der Waals surface area contributed by atoms with Crippen LogP contribution in [0, 0.1) is 0 Å². The normalized spacial score (nSPS) is 15.8. The highest BCUT2D eigenvalue weighted by atomic mass is 32.2. The molecular formula is C20H13NO3S2. The molecule has 6 heteroatoms. The first-order chi connectivity index (χ1) is 12.7. The first-order valence-corrected chi connectivity index (χ1v) is 9.50. The molecule has 1 aliphatic rings. The molecule has 0 bridgehead atoms. The molecule has 2 aromatic carbocycles. The van der Waals surface area contributed by atoms with E-state index in [1.165, 1.54) is 16.7 Å². The van der Waals surface area contributed by atoms with Crippen LogP contribution >= 0.6 is 23.5 Å². The summed E-state index contributed by atoms with van der Waals surface area (Å²) in [6.07, 6.45) is 1.61. The zero-order valence-electron chi connectivity index (χ0n) is 13.5. The molecule has 26 heavy (non-hydrogen) atoms. The van der Waals surface area contributed by atoms with Crippen molar-refractivity contribution in [2.75, 3.05) is 4.90 Å². The van der Waals surface area contributed by atoms with Crippen LogP contribution in [-0.2, 0) is 4.79 Å². The van der Waals surface area contributed by atoms with E-state index < -0.39 is 0 Å². The highest BCUT2D eigenvalue weighted by Gasteiger charge is 2.36. The van der Waals surface area contributed by atoms with Crippen molar-refractivity contribution in [2.45, 2.75) is 9.99 Å². The van der Waals surface area contributed by atoms with E-state index in [0.717, 1.165) is 21.7 Å². The van der Waals surface area contributed by atoms with Gasteiger partial charge in [0.1, 0.15) is 5.76 Å². The Morgan fingerprint density at radius 3 is 2.31 bits per heavy atom. The van der Waals surface area contributed by atoms with E-state index in [9.17, 15) is 9.59 Å². The van der Waals surface area contributed by atoms with Crippen LogP contribution in [0.25, 0.3) is 6.08 Å². The van der Waals surface area contributed by atoms with Crippen LogP contribution in [0.15, 0.2) is 92.1 Å². The molecule has 0 radical (unpaired) electrons. The summed E-state index contributed by atoms with van der Waals surface area (Å²) in [5.74, 6) is 0.210. The van der Waals surface area contributed by atoms with Gasteiger partial charge in [0.05, 0.1) is 10.6 Å². The van der Waals surface area contributed by atoms with Gasteiger partial charge in [-0.1, -0.05) is 48.2 Å². The Bertz CT molecular complexity index is 981. The molecule has 0 spiro atoms. The number of amides is 2. The average Bonchev–Trinajstić information content (AvgIpc) is 3.21. The SMILES string of the molecule is O=C1SC(=Cc2ccc(Sc3ccccc3)o2)C(=O)N1c1ccccc1. The lowest BCUT2D eigenvalue weighted by Gasteiger charge is -2.11. The van der Waals surface area contributed by atoms with Gasteiger partial charge in [0.15, 0.2) is 5.09 Å². The lowest BCUT2D eigenvalue weighted by molar-refractivity contribution is -0.113. The number of nitrogens with zero attached hydrogens (tertiary/aromatic N) is 1. The van der Waals surface area contributed by atoms with Gasteiger partial charge in [-0.2, -0.15) is 0 Å². The number of hydrogen-bond donors (Lipinski definition) is 0. The number of para-hydroxylation sites is 1. The average molecular weight is 379 g/mol. The van der Waals surface area contributed by atoms with Crippen molar-refractivity contribution in [3.8, 4) is 0 Å². The quantitative estimate of drug-likeness (QED) is 0.547. The number of carbonyl (C=O) groups excluding carboxylic acids is 2. The maximum absolute atomic E-state index is 12.6. The molecule has 0 unspecified atom stereocenters. The number of anilines is 1. The lowest BCUT2D eigenvalue weighted by Crippen LogP contribution is -2.27. The van der Waals surface area contributed by atoms with Crippen LogP contribution in [0.3, 0.4) is 0 Å². The Morgan fingerprint density at radius 1 is 0.885 bits per heavy atom. The van der Waals surface area contributed by atoms with Crippen molar-refractivity contribution in [2.24, 2.45) is 0 Å². The molecule has 1 aromatic heterocycles. The molecule has 4 nitrogen and oxygen atoms in total. The number of benzene rings is 2. The summed E-state index contributed by atoms with van der Waals surface area (Å²) in [6.45, 7) is 0. The van der Waals surface area contributed by atoms with Crippen LogP contribution in [0.2, 0.25) is 0 Å². The third kappa shape index (κ3) is 3.47.